The van der Waals surface area contributed by atoms with Gasteiger partial charge in [0, 0.05) is 12.6 Å². The number of unbranched alkanes of at least 4 members (excludes halogenated alkanes) is 3. The van der Waals surface area contributed by atoms with Crippen LogP contribution >= 0.6 is 0 Å². The van der Waals surface area contributed by atoms with Gasteiger partial charge in [0.05, 0.1) is 0 Å². The molecule has 0 aliphatic carbocycles. The normalized spacial score (nSPS) is 14.4. The zero-order valence-electron chi connectivity index (χ0n) is 12.4. The van der Waals surface area contributed by atoms with Gasteiger partial charge in [0.2, 0.25) is 0 Å². The Morgan fingerprint density at radius 3 is 2.12 bits per heavy atom. The Hall–Kier alpha value is -0.0400. The van der Waals surface area contributed by atoms with Crippen LogP contribution < -0.4 is 5.32 Å². The van der Waals surface area contributed by atoms with Crippen molar-refractivity contribution in [3.8, 4) is 0 Å². The molecule has 0 amide bonds. The molecule has 1 nitrogen and oxygen atoms in total. The molecule has 0 bridgehead atoms. The molecule has 0 radical (unpaired) electrons. The van der Waals surface area contributed by atoms with Gasteiger partial charge in [-0.2, -0.15) is 0 Å². The monoisotopic (exact) mass is 227 g/mol. The van der Waals surface area contributed by atoms with E-state index >= 15 is 0 Å². The topological polar surface area (TPSA) is 12.0 Å². The lowest BCUT2D eigenvalue weighted by atomic mass is 9.81. The Labute approximate surface area is 103 Å². The number of nitrogens with one attached hydrogen (secondary N) is 1. The van der Waals surface area contributed by atoms with Gasteiger partial charge >= 0.3 is 0 Å². The van der Waals surface area contributed by atoms with Gasteiger partial charge in [-0.25, -0.2) is 0 Å². The summed E-state index contributed by atoms with van der Waals surface area (Å²) in [7, 11) is 0. The van der Waals surface area contributed by atoms with E-state index in [1.54, 1.807) is 0 Å². The van der Waals surface area contributed by atoms with Gasteiger partial charge in [-0.3, -0.25) is 0 Å². The number of hydrogen-bond acceptors (Lipinski definition) is 1. The fourth-order valence-corrected chi connectivity index (χ4v) is 1.62. The van der Waals surface area contributed by atoms with Gasteiger partial charge in [0.25, 0.3) is 0 Å². The van der Waals surface area contributed by atoms with E-state index in [0.717, 1.165) is 12.5 Å². The average molecular weight is 227 g/mol. The first-order valence-corrected chi connectivity index (χ1v) is 7.13. The molecule has 0 aromatic rings. The highest BCUT2D eigenvalue weighted by molar-refractivity contribution is 4.76. The summed E-state index contributed by atoms with van der Waals surface area (Å²) in [6.45, 7) is 15.1. The molecule has 98 valence electrons. The van der Waals surface area contributed by atoms with E-state index in [4.69, 9.17) is 0 Å². The maximum atomic E-state index is 3.68. The fourth-order valence-electron chi connectivity index (χ4n) is 1.62. The summed E-state index contributed by atoms with van der Waals surface area (Å²) in [5.74, 6) is 0.743. The quantitative estimate of drug-likeness (QED) is 0.567. The molecule has 0 fully saturated rings. The molecule has 1 N–H and O–H groups in total. The predicted octanol–water partition coefficient (Wildman–Crippen LogP) is 4.62. The lowest BCUT2D eigenvalue weighted by Gasteiger charge is -2.31. The summed E-state index contributed by atoms with van der Waals surface area (Å²) < 4.78 is 0. The van der Waals surface area contributed by atoms with E-state index < -0.39 is 0 Å². The molecule has 16 heavy (non-hydrogen) atoms. The first-order chi connectivity index (χ1) is 7.40. The Balaban J connectivity index is 3.60. The summed E-state index contributed by atoms with van der Waals surface area (Å²) in [6.07, 6.45) is 6.83. The van der Waals surface area contributed by atoms with Crippen molar-refractivity contribution in [1.29, 1.82) is 0 Å². The second-order valence-corrected chi connectivity index (χ2v) is 6.27. The highest BCUT2D eigenvalue weighted by atomic mass is 14.9. The second kappa shape index (κ2) is 8.11. The van der Waals surface area contributed by atoms with Crippen LogP contribution in [0.3, 0.4) is 0 Å². The summed E-state index contributed by atoms with van der Waals surface area (Å²) in [5, 5.41) is 3.68. The fraction of sp³-hybridized carbons (Fsp3) is 1.00. The standard InChI is InChI=1S/C15H33N/c1-7-8-9-10-11-14(4)16-12-15(5,6)13(2)3/h13-14,16H,7-12H2,1-6H3. The van der Waals surface area contributed by atoms with Crippen molar-refractivity contribution in [1.82, 2.24) is 5.32 Å². The highest BCUT2D eigenvalue weighted by Gasteiger charge is 2.22. The first-order valence-electron chi connectivity index (χ1n) is 7.13. The molecule has 0 aromatic heterocycles. The minimum Gasteiger partial charge on any atom is -0.314 e. The Morgan fingerprint density at radius 2 is 1.62 bits per heavy atom. The first kappa shape index (κ1) is 16.0. The van der Waals surface area contributed by atoms with Crippen LogP contribution in [0.25, 0.3) is 0 Å². The molecular weight excluding hydrogens is 194 g/mol. The number of hydrogen-bond donors (Lipinski definition) is 1. The van der Waals surface area contributed by atoms with Crippen molar-refractivity contribution >= 4 is 0 Å². The Morgan fingerprint density at radius 1 is 1.00 bits per heavy atom. The summed E-state index contributed by atoms with van der Waals surface area (Å²) in [6, 6.07) is 0.676. The van der Waals surface area contributed by atoms with E-state index in [9.17, 15) is 0 Å². The molecular formula is C15H33N. The lowest BCUT2D eigenvalue weighted by molar-refractivity contribution is 0.228. The minimum atomic E-state index is 0.414. The van der Waals surface area contributed by atoms with Crippen molar-refractivity contribution in [2.45, 2.75) is 79.7 Å². The molecule has 1 heteroatoms. The van der Waals surface area contributed by atoms with Crippen LogP contribution in [-0.2, 0) is 0 Å². The smallest absolute Gasteiger partial charge is 0.00389 e. The van der Waals surface area contributed by atoms with Crippen LogP contribution in [0.4, 0.5) is 0 Å². The van der Waals surface area contributed by atoms with Crippen LogP contribution in [0.5, 0.6) is 0 Å². The molecule has 0 saturated heterocycles. The van der Waals surface area contributed by atoms with Crippen LogP contribution in [0.1, 0.15) is 73.6 Å². The lowest BCUT2D eigenvalue weighted by Crippen LogP contribution is -2.38. The molecule has 1 atom stereocenters. The molecule has 0 aromatic carbocycles. The molecule has 0 spiro atoms. The van der Waals surface area contributed by atoms with Crippen LogP contribution in [0, 0.1) is 11.3 Å². The van der Waals surface area contributed by atoms with Crippen molar-refractivity contribution in [3.05, 3.63) is 0 Å². The van der Waals surface area contributed by atoms with Gasteiger partial charge < -0.3 is 5.32 Å². The maximum absolute atomic E-state index is 3.68. The molecule has 1 unspecified atom stereocenters. The molecule has 0 heterocycles. The average Bonchev–Trinajstić information content (AvgIpc) is 2.21. The van der Waals surface area contributed by atoms with Gasteiger partial charge in [0.15, 0.2) is 0 Å². The Bertz CT molecular complexity index is 161. The van der Waals surface area contributed by atoms with E-state index in [0.29, 0.717) is 11.5 Å². The third-order valence-electron chi connectivity index (χ3n) is 3.96. The van der Waals surface area contributed by atoms with Gasteiger partial charge in [-0.15, -0.1) is 0 Å². The van der Waals surface area contributed by atoms with E-state index in [-0.39, 0.29) is 0 Å². The zero-order chi connectivity index (χ0) is 12.6. The third kappa shape index (κ3) is 7.27. The third-order valence-corrected chi connectivity index (χ3v) is 3.96. The van der Waals surface area contributed by atoms with Crippen molar-refractivity contribution < 1.29 is 0 Å². The van der Waals surface area contributed by atoms with Gasteiger partial charge in [-0.1, -0.05) is 60.3 Å². The molecule has 0 rings (SSSR count). The Kier molecular flexibility index (Phi) is 8.09. The van der Waals surface area contributed by atoms with E-state index in [1.165, 1.54) is 32.1 Å². The minimum absolute atomic E-state index is 0.414. The van der Waals surface area contributed by atoms with Gasteiger partial charge in [0.1, 0.15) is 0 Å². The molecule has 0 saturated carbocycles. The number of rotatable bonds is 9. The summed E-state index contributed by atoms with van der Waals surface area (Å²) >= 11 is 0. The summed E-state index contributed by atoms with van der Waals surface area (Å²) in [5.41, 5.74) is 0.414. The predicted molar refractivity (Wildman–Crippen MR) is 74.8 cm³/mol. The van der Waals surface area contributed by atoms with Crippen molar-refractivity contribution in [3.63, 3.8) is 0 Å². The molecule has 0 aliphatic heterocycles. The molecule has 0 aliphatic rings. The highest BCUT2D eigenvalue weighted by Crippen LogP contribution is 2.24. The second-order valence-electron chi connectivity index (χ2n) is 6.27. The van der Waals surface area contributed by atoms with Crippen LogP contribution in [-0.4, -0.2) is 12.6 Å². The zero-order valence-corrected chi connectivity index (χ0v) is 12.4. The van der Waals surface area contributed by atoms with Gasteiger partial charge in [-0.05, 0) is 24.7 Å². The largest absolute Gasteiger partial charge is 0.314 e. The van der Waals surface area contributed by atoms with Crippen LogP contribution in [0.2, 0.25) is 0 Å². The van der Waals surface area contributed by atoms with Crippen LogP contribution in [0.15, 0.2) is 0 Å². The van der Waals surface area contributed by atoms with Crippen molar-refractivity contribution in [2.24, 2.45) is 11.3 Å². The summed E-state index contributed by atoms with van der Waals surface area (Å²) in [4.78, 5) is 0. The SMILES string of the molecule is CCCCCCC(C)NCC(C)(C)C(C)C. The van der Waals surface area contributed by atoms with E-state index in [1.807, 2.05) is 0 Å². The van der Waals surface area contributed by atoms with Crippen molar-refractivity contribution in [2.75, 3.05) is 6.54 Å². The maximum Gasteiger partial charge on any atom is 0.00389 e. The van der Waals surface area contributed by atoms with E-state index in [2.05, 4.69) is 46.9 Å².